The Balaban J connectivity index is 2.29. The molecule has 5 heteroatoms. The average molecular weight is 289 g/mol. The van der Waals surface area contributed by atoms with Crippen molar-refractivity contribution in [3.05, 3.63) is 47.6 Å². The molecule has 0 aliphatic rings. The second kappa shape index (κ2) is 6.37. The van der Waals surface area contributed by atoms with Gasteiger partial charge < -0.3 is 15.0 Å². The van der Waals surface area contributed by atoms with Gasteiger partial charge in [-0.05, 0) is 17.9 Å². The van der Waals surface area contributed by atoms with Gasteiger partial charge in [0.25, 0.3) is 0 Å². The molecule has 2 atom stereocenters. The Kier molecular flexibility index (Phi) is 4.75. The zero-order chi connectivity index (χ0) is 15.5. The van der Waals surface area contributed by atoms with Crippen LogP contribution in [0.25, 0.3) is 0 Å². The largest absolute Gasteiger partial charge is 0.366 e. The average Bonchev–Trinajstić information content (AvgIpc) is 2.93. The lowest BCUT2D eigenvalue weighted by atomic mass is 9.87. The van der Waals surface area contributed by atoms with Gasteiger partial charge in [-0.2, -0.15) is 4.98 Å². The zero-order valence-electron chi connectivity index (χ0n) is 13.0. The van der Waals surface area contributed by atoms with Gasteiger partial charge in [0.2, 0.25) is 11.7 Å². The number of nitrogens with two attached hydrogens (primary N) is 1. The van der Waals surface area contributed by atoms with Crippen molar-refractivity contribution in [1.82, 2.24) is 10.1 Å². The molecular weight excluding hydrogens is 266 g/mol. The summed E-state index contributed by atoms with van der Waals surface area (Å²) in [6.45, 7) is 8.63. The second-order valence-electron chi connectivity index (χ2n) is 6.08. The molecule has 5 nitrogen and oxygen atoms in total. The third-order valence-corrected chi connectivity index (χ3v) is 3.33. The first kappa shape index (κ1) is 15.7. The van der Waals surface area contributed by atoms with E-state index in [9.17, 15) is 0 Å². The van der Waals surface area contributed by atoms with Crippen LogP contribution in [0.15, 0.2) is 34.9 Å². The van der Waals surface area contributed by atoms with E-state index in [-0.39, 0.29) is 17.6 Å². The highest BCUT2D eigenvalue weighted by molar-refractivity contribution is 5.22. The summed E-state index contributed by atoms with van der Waals surface area (Å²) in [5.41, 5.74) is 7.02. The van der Waals surface area contributed by atoms with E-state index in [4.69, 9.17) is 15.0 Å². The number of nitrogens with zero attached hydrogens (tertiary/aromatic N) is 2. The van der Waals surface area contributed by atoms with Gasteiger partial charge in [-0.3, -0.25) is 0 Å². The molecule has 0 aliphatic carbocycles. The van der Waals surface area contributed by atoms with Gasteiger partial charge in [0.15, 0.2) is 0 Å². The van der Waals surface area contributed by atoms with Gasteiger partial charge in [-0.15, -0.1) is 0 Å². The van der Waals surface area contributed by atoms with Gasteiger partial charge in [0, 0.05) is 6.61 Å². The summed E-state index contributed by atoms with van der Waals surface area (Å²) < 4.78 is 11.1. The molecule has 1 aromatic heterocycles. The molecule has 2 aromatic rings. The Labute approximate surface area is 125 Å². The Hall–Kier alpha value is -1.72. The van der Waals surface area contributed by atoms with E-state index in [0.29, 0.717) is 18.3 Å². The minimum Gasteiger partial charge on any atom is -0.366 e. The molecule has 1 aromatic carbocycles. The van der Waals surface area contributed by atoms with E-state index in [1.807, 2.05) is 58.0 Å². The lowest BCUT2D eigenvalue weighted by Gasteiger charge is -2.23. The highest BCUT2D eigenvalue weighted by Crippen LogP contribution is 2.31. The Bertz CT molecular complexity index is 560. The van der Waals surface area contributed by atoms with Gasteiger partial charge in [0.1, 0.15) is 6.10 Å². The number of aromatic nitrogens is 2. The third-order valence-electron chi connectivity index (χ3n) is 3.33. The third kappa shape index (κ3) is 3.68. The van der Waals surface area contributed by atoms with E-state index in [1.165, 1.54) is 0 Å². The number of rotatable bonds is 5. The topological polar surface area (TPSA) is 74.2 Å². The van der Waals surface area contributed by atoms with Crippen molar-refractivity contribution in [2.24, 2.45) is 11.1 Å². The maximum Gasteiger partial charge on any atom is 0.244 e. The fourth-order valence-electron chi connectivity index (χ4n) is 1.96. The molecule has 2 rings (SSSR count). The normalized spacial score (nSPS) is 14.9. The van der Waals surface area contributed by atoms with Crippen molar-refractivity contribution >= 4 is 0 Å². The van der Waals surface area contributed by atoms with Crippen LogP contribution in [0.2, 0.25) is 0 Å². The van der Waals surface area contributed by atoms with Crippen molar-refractivity contribution in [1.29, 1.82) is 0 Å². The molecule has 21 heavy (non-hydrogen) atoms. The Morgan fingerprint density at radius 3 is 2.48 bits per heavy atom. The van der Waals surface area contributed by atoms with Crippen molar-refractivity contribution in [3.63, 3.8) is 0 Å². The van der Waals surface area contributed by atoms with Gasteiger partial charge in [-0.25, -0.2) is 0 Å². The minimum atomic E-state index is -0.333. The number of hydrogen-bond acceptors (Lipinski definition) is 5. The maximum absolute atomic E-state index is 6.16. The summed E-state index contributed by atoms with van der Waals surface area (Å²) in [5.74, 6) is 0.955. The van der Waals surface area contributed by atoms with Crippen LogP contribution in [0.4, 0.5) is 0 Å². The van der Waals surface area contributed by atoms with E-state index in [0.717, 1.165) is 5.56 Å². The highest BCUT2D eigenvalue weighted by atomic mass is 16.5. The van der Waals surface area contributed by atoms with Crippen LogP contribution < -0.4 is 5.73 Å². The molecule has 0 fully saturated rings. The van der Waals surface area contributed by atoms with Crippen LogP contribution in [0.1, 0.15) is 57.1 Å². The van der Waals surface area contributed by atoms with Crippen molar-refractivity contribution < 1.29 is 9.26 Å². The highest BCUT2D eigenvalue weighted by Gasteiger charge is 2.29. The van der Waals surface area contributed by atoms with E-state index in [1.54, 1.807) is 0 Å². The van der Waals surface area contributed by atoms with Crippen LogP contribution in [-0.2, 0) is 4.74 Å². The first-order chi connectivity index (χ1) is 9.93. The molecule has 0 radical (unpaired) electrons. The first-order valence-electron chi connectivity index (χ1n) is 7.19. The molecule has 0 amide bonds. The standard InChI is InChI=1S/C16H23N3O2/c1-5-20-12(11-9-7-6-8-10-11)14-18-15(21-19-14)13(17)16(2,3)4/h6-10,12-13H,5,17H2,1-4H3/t12?,13-/m0/s1. The SMILES string of the molecule is CCOC(c1ccccc1)c1noc([C@H](N)C(C)(C)C)n1. The zero-order valence-corrected chi connectivity index (χ0v) is 13.0. The van der Waals surface area contributed by atoms with Crippen LogP contribution in [-0.4, -0.2) is 16.7 Å². The second-order valence-corrected chi connectivity index (χ2v) is 6.08. The number of ether oxygens (including phenoxy) is 1. The van der Waals surface area contributed by atoms with Crippen LogP contribution in [0, 0.1) is 5.41 Å². The van der Waals surface area contributed by atoms with Crippen molar-refractivity contribution in [3.8, 4) is 0 Å². The maximum atomic E-state index is 6.16. The molecule has 114 valence electrons. The number of hydrogen-bond donors (Lipinski definition) is 1. The van der Waals surface area contributed by atoms with Crippen molar-refractivity contribution in [2.45, 2.75) is 39.8 Å². The summed E-state index contributed by atoms with van der Waals surface area (Å²) in [6, 6.07) is 9.55. The molecule has 0 saturated heterocycles. The van der Waals surface area contributed by atoms with Crippen molar-refractivity contribution in [2.75, 3.05) is 6.61 Å². The quantitative estimate of drug-likeness (QED) is 0.914. The molecule has 0 aliphatic heterocycles. The van der Waals surface area contributed by atoms with Crippen LogP contribution in [0.5, 0.6) is 0 Å². The fraction of sp³-hybridized carbons (Fsp3) is 0.500. The van der Waals surface area contributed by atoms with Gasteiger partial charge >= 0.3 is 0 Å². The molecule has 2 N–H and O–H groups in total. The van der Waals surface area contributed by atoms with Gasteiger partial charge in [-0.1, -0.05) is 56.3 Å². The fourth-order valence-corrected chi connectivity index (χ4v) is 1.96. The molecule has 0 saturated carbocycles. The summed E-state index contributed by atoms with van der Waals surface area (Å²) >= 11 is 0. The minimum absolute atomic E-state index is 0.141. The monoisotopic (exact) mass is 289 g/mol. The number of benzene rings is 1. The molecule has 0 bridgehead atoms. The smallest absolute Gasteiger partial charge is 0.244 e. The first-order valence-corrected chi connectivity index (χ1v) is 7.19. The molecule has 0 spiro atoms. The van der Waals surface area contributed by atoms with E-state index in [2.05, 4.69) is 10.1 Å². The summed E-state index contributed by atoms with van der Waals surface area (Å²) in [6.07, 6.45) is -0.333. The van der Waals surface area contributed by atoms with Crippen LogP contribution >= 0.6 is 0 Å². The van der Waals surface area contributed by atoms with Gasteiger partial charge in [0.05, 0.1) is 6.04 Å². The van der Waals surface area contributed by atoms with Crippen LogP contribution in [0.3, 0.4) is 0 Å². The molecule has 1 heterocycles. The Morgan fingerprint density at radius 1 is 1.24 bits per heavy atom. The van der Waals surface area contributed by atoms with E-state index >= 15 is 0 Å². The summed E-state index contributed by atoms with van der Waals surface area (Å²) in [4.78, 5) is 4.44. The van der Waals surface area contributed by atoms with E-state index < -0.39 is 0 Å². The summed E-state index contributed by atoms with van der Waals surface area (Å²) in [7, 11) is 0. The molecular formula is C16H23N3O2. The lowest BCUT2D eigenvalue weighted by Crippen LogP contribution is -2.26. The molecule has 1 unspecified atom stereocenters. The Morgan fingerprint density at radius 2 is 1.90 bits per heavy atom. The predicted molar refractivity (Wildman–Crippen MR) is 80.6 cm³/mol. The predicted octanol–water partition coefficient (Wildman–Crippen LogP) is 3.24. The summed E-state index contributed by atoms with van der Waals surface area (Å²) in [5, 5.41) is 4.05. The lowest BCUT2D eigenvalue weighted by molar-refractivity contribution is 0.0833.